The van der Waals surface area contributed by atoms with Gasteiger partial charge in [-0.2, -0.15) is 0 Å². The van der Waals surface area contributed by atoms with Crippen LogP contribution in [-0.4, -0.2) is 17.5 Å². The van der Waals surface area contributed by atoms with Gasteiger partial charge >= 0.3 is 0 Å². The number of anilines is 1. The van der Waals surface area contributed by atoms with Crippen LogP contribution in [0.25, 0.3) is 11.6 Å². The molecule has 2 aliphatic rings. The minimum Gasteiger partial charge on any atom is -0.482 e. The van der Waals surface area contributed by atoms with Gasteiger partial charge in [0, 0.05) is 11.8 Å². The first-order valence-electron chi connectivity index (χ1n) is 8.73. The Morgan fingerprint density at radius 3 is 2.85 bits per heavy atom. The molecule has 0 spiro atoms. The van der Waals surface area contributed by atoms with E-state index in [1.165, 1.54) is 11.1 Å². The van der Waals surface area contributed by atoms with E-state index in [9.17, 15) is 4.79 Å². The first-order valence-corrected chi connectivity index (χ1v) is 9.61. The molecule has 2 aliphatic heterocycles. The van der Waals surface area contributed by atoms with Crippen molar-refractivity contribution in [3.63, 3.8) is 0 Å². The Morgan fingerprint density at radius 2 is 1.96 bits per heavy atom. The van der Waals surface area contributed by atoms with Crippen molar-refractivity contribution in [1.29, 1.82) is 0 Å². The van der Waals surface area contributed by atoms with Gasteiger partial charge in [-0.05, 0) is 41.0 Å². The van der Waals surface area contributed by atoms with Crippen molar-refractivity contribution >= 4 is 35.0 Å². The van der Waals surface area contributed by atoms with Crippen LogP contribution in [0.3, 0.4) is 0 Å². The molecule has 1 atom stereocenters. The lowest BCUT2D eigenvalue weighted by atomic mass is 9.94. The summed E-state index contributed by atoms with van der Waals surface area (Å²) in [6.45, 7) is 0.0661. The van der Waals surface area contributed by atoms with Gasteiger partial charge in [0.25, 0.3) is 5.91 Å². The number of rotatable bonds is 2. The van der Waals surface area contributed by atoms with E-state index in [1.54, 1.807) is 11.8 Å². The van der Waals surface area contributed by atoms with Gasteiger partial charge in [-0.25, -0.2) is 4.98 Å². The minimum atomic E-state index is -0.124. The molecule has 5 heteroatoms. The molecule has 5 rings (SSSR count). The fourth-order valence-electron chi connectivity index (χ4n) is 3.40. The maximum atomic E-state index is 11.7. The zero-order valence-electron chi connectivity index (χ0n) is 14.4. The largest absolute Gasteiger partial charge is 0.482 e. The fraction of sp³-hybridized carbons (Fsp3) is 0.0909. The van der Waals surface area contributed by atoms with Crippen molar-refractivity contribution in [3.05, 3.63) is 83.6 Å². The SMILES string of the molecule is O=C1COc2ccc(C3=Cc4cccnc4SC3c3ccccc3)cc2N1. The van der Waals surface area contributed by atoms with Gasteiger partial charge in [0.2, 0.25) is 0 Å². The highest BCUT2D eigenvalue weighted by molar-refractivity contribution is 8.00. The number of hydrogen-bond donors (Lipinski definition) is 1. The van der Waals surface area contributed by atoms with Crippen LogP contribution >= 0.6 is 11.8 Å². The van der Waals surface area contributed by atoms with Crippen LogP contribution in [-0.2, 0) is 4.79 Å². The maximum Gasteiger partial charge on any atom is 0.262 e. The lowest BCUT2D eigenvalue weighted by Gasteiger charge is -2.27. The summed E-state index contributed by atoms with van der Waals surface area (Å²) in [6, 6.07) is 20.4. The second kappa shape index (κ2) is 6.59. The van der Waals surface area contributed by atoms with Crippen molar-refractivity contribution in [2.75, 3.05) is 11.9 Å². The van der Waals surface area contributed by atoms with E-state index in [-0.39, 0.29) is 17.8 Å². The lowest BCUT2D eigenvalue weighted by Crippen LogP contribution is -2.25. The molecule has 0 saturated heterocycles. The molecule has 132 valence electrons. The second-order valence-electron chi connectivity index (χ2n) is 6.45. The van der Waals surface area contributed by atoms with Gasteiger partial charge in [-0.1, -0.05) is 54.2 Å². The van der Waals surface area contributed by atoms with Gasteiger partial charge in [0.15, 0.2) is 6.61 Å². The normalized spacial score (nSPS) is 17.9. The smallest absolute Gasteiger partial charge is 0.262 e. The van der Waals surface area contributed by atoms with Gasteiger partial charge in [0.05, 0.1) is 10.9 Å². The topological polar surface area (TPSA) is 51.2 Å². The van der Waals surface area contributed by atoms with Crippen molar-refractivity contribution < 1.29 is 9.53 Å². The van der Waals surface area contributed by atoms with E-state index < -0.39 is 0 Å². The number of ether oxygens (including phenoxy) is 1. The number of carbonyl (C=O) groups excluding carboxylic acids is 1. The number of benzene rings is 2. The summed E-state index contributed by atoms with van der Waals surface area (Å²) in [4.78, 5) is 16.2. The molecular weight excluding hydrogens is 356 g/mol. The molecule has 1 amide bonds. The lowest BCUT2D eigenvalue weighted by molar-refractivity contribution is -0.118. The number of aromatic nitrogens is 1. The van der Waals surface area contributed by atoms with Crippen molar-refractivity contribution in [3.8, 4) is 5.75 Å². The number of pyridine rings is 1. The number of carbonyl (C=O) groups is 1. The highest BCUT2D eigenvalue weighted by Crippen LogP contribution is 2.50. The predicted octanol–water partition coefficient (Wildman–Crippen LogP) is 4.80. The van der Waals surface area contributed by atoms with Gasteiger partial charge in [0.1, 0.15) is 10.8 Å². The number of nitrogens with one attached hydrogen (secondary N) is 1. The summed E-state index contributed by atoms with van der Waals surface area (Å²) in [6.07, 6.45) is 4.03. The molecule has 0 radical (unpaired) electrons. The van der Waals surface area contributed by atoms with Crippen molar-refractivity contribution in [1.82, 2.24) is 4.98 Å². The molecule has 1 unspecified atom stereocenters. The second-order valence-corrected chi connectivity index (χ2v) is 7.55. The van der Waals surface area contributed by atoms with Crippen LogP contribution in [0, 0.1) is 0 Å². The first-order chi connectivity index (χ1) is 13.3. The van der Waals surface area contributed by atoms with E-state index in [4.69, 9.17) is 4.74 Å². The molecule has 0 bridgehead atoms. The third-order valence-corrected chi connectivity index (χ3v) is 6.00. The Kier molecular flexibility index (Phi) is 3.94. The molecule has 2 aromatic carbocycles. The zero-order valence-corrected chi connectivity index (χ0v) is 15.2. The van der Waals surface area contributed by atoms with E-state index >= 15 is 0 Å². The van der Waals surface area contributed by atoms with E-state index in [2.05, 4.69) is 52.8 Å². The first kappa shape index (κ1) is 16.1. The molecule has 1 N–H and O–H groups in total. The molecule has 1 aromatic heterocycles. The van der Waals surface area contributed by atoms with E-state index in [1.807, 2.05) is 30.5 Å². The molecule has 27 heavy (non-hydrogen) atoms. The van der Waals surface area contributed by atoms with Gasteiger partial charge in [-0.3, -0.25) is 4.79 Å². The standard InChI is InChI=1S/C22H16N2O2S/c25-20-13-26-19-9-8-15(12-18(19)24-20)17-11-16-7-4-10-23-22(16)27-21(17)14-5-2-1-3-6-14/h1-12,21H,13H2,(H,24,25). The molecule has 0 aliphatic carbocycles. The summed E-state index contributed by atoms with van der Waals surface area (Å²) < 4.78 is 5.50. The summed E-state index contributed by atoms with van der Waals surface area (Å²) in [5, 5.41) is 4.07. The average molecular weight is 372 g/mol. The number of hydrogen-bond acceptors (Lipinski definition) is 4. The molecule has 0 fully saturated rings. The Balaban J connectivity index is 1.64. The van der Waals surface area contributed by atoms with E-state index in [0.717, 1.165) is 21.8 Å². The van der Waals surface area contributed by atoms with Crippen LogP contribution in [0.15, 0.2) is 71.9 Å². The fourth-order valence-corrected chi connectivity index (χ4v) is 4.64. The molecule has 3 heterocycles. The predicted molar refractivity (Wildman–Crippen MR) is 108 cm³/mol. The van der Waals surface area contributed by atoms with Crippen LogP contribution in [0.5, 0.6) is 5.75 Å². The summed E-state index contributed by atoms with van der Waals surface area (Å²) in [7, 11) is 0. The van der Waals surface area contributed by atoms with Crippen LogP contribution < -0.4 is 10.1 Å². The van der Waals surface area contributed by atoms with Crippen molar-refractivity contribution in [2.24, 2.45) is 0 Å². The Hall–Kier alpha value is -3.05. The molecule has 4 nitrogen and oxygen atoms in total. The zero-order chi connectivity index (χ0) is 18.2. The minimum absolute atomic E-state index is 0.0661. The molecule has 3 aromatic rings. The Labute approximate surface area is 161 Å². The van der Waals surface area contributed by atoms with Gasteiger partial charge < -0.3 is 10.1 Å². The van der Waals surface area contributed by atoms with Crippen LogP contribution in [0.1, 0.15) is 21.9 Å². The molecule has 0 saturated carbocycles. The highest BCUT2D eigenvalue weighted by atomic mass is 32.2. The highest BCUT2D eigenvalue weighted by Gasteiger charge is 2.27. The summed E-state index contributed by atoms with van der Waals surface area (Å²) in [5.74, 6) is 0.585. The monoisotopic (exact) mass is 372 g/mol. The summed E-state index contributed by atoms with van der Waals surface area (Å²) in [5.41, 5.74) is 5.31. The third kappa shape index (κ3) is 3.00. The quantitative estimate of drug-likeness (QED) is 0.702. The van der Waals surface area contributed by atoms with Crippen LogP contribution in [0.2, 0.25) is 0 Å². The summed E-state index contributed by atoms with van der Waals surface area (Å²) >= 11 is 1.75. The number of nitrogens with zero attached hydrogens (tertiary/aromatic N) is 1. The van der Waals surface area contributed by atoms with Crippen molar-refractivity contribution in [2.45, 2.75) is 10.3 Å². The molecular formula is C22H16N2O2S. The number of amides is 1. The van der Waals surface area contributed by atoms with Crippen LogP contribution in [0.4, 0.5) is 5.69 Å². The van der Waals surface area contributed by atoms with E-state index in [0.29, 0.717) is 5.75 Å². The van der Waals surface area contributed by atoms with Gasteiger partial charge in [-0.15, -0.1) is 0 Å². The Bertz CT molecular complexity index is 1060. The third-order valence-electron chi connectivity index (χ3n) is 4.67. The number of fused-ring (bicyclic) bond motifs is 2. The maximum absolute atomic E-state index is 11.7. The average Bonchev–Trinajstić information content (AvgIpc) is 2.73. The number of thioether (sulfide) groups is 1. The Morgan fingerprint density at radius 1 is 1.07 bits per heavy atom.